The average Bonchev–Trinajstić information content (AvgIpc) is 3.54. The molecule has 0 saturated carbocycles. The quantitative estimate of drug-likeness (QED) is 0.164. The average molecular weight is 844 g/mol. The Morgan fingerprint density at radius 3 is 1.38 bits per heavy atom. The number of aryl methyl sites for hydroxylation is 3. The summed E-state index contributed by atoms with van der Waals surface area (Å²) in [6.45, 7) is 30.9. The Morgan fingerprint density at radius 1 is 0.422 bits per heavy atom. The Labute approximate surface area is 389 Å². The number of hydrogen-bond acceptors (Lipinski definition) is 2. The summed E-state index contributed by atoms with van der Waals surface area (Å²) >= 11 is 0. The van der Waals surface area contributed by atoms with Gasteiger partial charge in [0.1, 0.15) is 0 Å². The van der Waals surface area contributed by atoms with E-state index in [4.69, 9.17) is 0 Å². The van der Waals surface area contributed by atoms with E-state index >= 15 is 0 Å². The van der Waals surface area contributed by atoms with E-state index in [9.17, 15) is 4.11 Å². The van der Waals surface area contributed by atoms with E-state index in [1.54, 1.807) is 0 Å². The van der Waals surface area contributed by atoms with E-state index in [0.29, 0.717) is 5.56 Å². The summed E-state index contributed by atoms with van der Waals surface area (Å²) < 4.78 is 27.5. The van der Waals surface area contributed by atoms with Gasteiger partial charge in [-0.2, -0.15) is 0 Å². The molecule has 3 heteroatoms. The monoisotopic (exact) mass is 844 g/mol. The minimum atomic E-state index is -2.35. The van der Waals surface area contributed by atoms with Crippen molar-refractivity contribution in [3.05, 3.63) is 147 Å². The van der Waals surface area contributed by atoms with Crippen molar-refractivity contribution in [1.82, 2.24) is 0 Å². The van der Waals surface area contributed by atoms with Crippen molar-refractivity contribution in [2.75, 3.05) is 9.80 Å². The molecule has 2 aliphatic heterocycles. The Kier molecular flexibility index (Phi) is 7.82. The fraction of sp³-hybridized carbons (Fsp3) is 0.410. The minimum absolute atomic E-state index is 0.0183. The highest BCUT2D eigenvalue weighted by Gasteiger charge is 2.49. The van der Waals surface area contributed by atoms with Gasteiger partial charge >= 0.3 is 0 Å². The molecule has 6 aromatic carbocycles. The van der Waals surface area contributed by atoms with Crippen LogP contribution in [0.1, 0.15) is 163 Å². The van der Waals surface area contributed by atoms with Gasteiger partial charge in [-0.25, -0.2) is 0 Å². The predicted molar refractivity (Wildman–Crippen MR) is 277 cm³/mol. The lowest BCUT2D eigenvalue weighted by Crippen LogP contribution is -2.62. The number of rotatable bonds is 3. The maximum absolute atomic E-state index is 9.18. The predicted octanol–water partition coefficient (Wildman–Crippen LogP) is 14.6. The molecular formula is C61H69BN2. The van der Waals surface area contributed by atoms with Crippen LogP contribution in [0.2, 0.25) is 0 Å². The summed E-state index contributed by atoms with van der Waals surface area (Å²) in [5, 5.41) is 0. The summed E-state index contributed by atoms with van der Waals surface area (Å²) in [5.74, 6) is 0. The minimum Gasteiger partial charge on any atom is -0.311 e. The van der Waals surface area contributed by atoms with Crippen molar-refractivity contribution in [2.24, 2.45) is 0 Å². The lowest BCUT2D eigenvalue weighted by atomic mass is 9.33. The maximum atomic E-state index is 9.18. The second kappa shape index (κ2) is 13.1. The molecule has 0 radical (unpaired) electrons. The maximum Gasteiger partial charge on any atom is 0.252 e. The zero-order valence-electron chi connectivity index (χ0n) is 44.0. The van der Waals surface area contributed by atoms with E-state index < -0.39 is 6.85 Å². The molecule has 2 nitrogen and oxygen atoms in total. The lowest BCUT2D eigenvalue weighted by molar-refractivity contribution is 0.332. The van der Waals surface area contributed by atoms with Crippen molar-refractivity contribution >= 4 is 57.2 Å². The Balaban J connectivity index is 1.30. The molecule has 0 atom stereocenters. The van der Waals surface area contributed by atoms with Crippen LogP contribution in [0.4, 0.5) is 34.1 Å². The normalized spacial score (nSPS) is 21.4. The van der Waals surface area contributed by atoms with Gasteiger partial charge in [0.05, 0.1) is 0 Å². The van der Waals surface area contributed by atoms with Gasteiger partial charge < -0.3 is 9.80 Å². The molecule has 0 fully saturated rings. The van der Waals surface area contributed by atoms with Gasteiger partial charge in [0.2, 0.25) is 0 Å². The summed E-state index contributed by atoms with van der Waals surface area (Å²) in [7, 11) is 0. The molecule has 0 N–H and O–H groups in total. The van der Waals surface area contributed by atoms with Crippen molar-refractivity contribution in [2.45, 2.75) is 162 Å². The molecule has 0 unspecified atom stereocenters. The summed E-state index contributed by atoms with van der Waals surface area (Å²) in [6.07, 6.45) is 4.36. The van der Waals surface area contributed by atoms with E-state index in [0.717, 1.165) is 59.8 Å². The molecular weight excluding hydrogens is 771 g/mol. The summed E-state index contributed by atoms with van der Waals surface area (Å²) in [5.41, 5.74) is 23.7. The molecule has 0 amide bonds. The zero-order valence-corrected chi connectivity index (χ0v) is 41.0. The van der Waals surface area contributed by atoms with Crippen LogP contribution in [0, 0.1) is 20.7 Å². The highest BCUT2D eigenvalue weighted by molar-refractivity contribution is 7.00. The van der Waals surface area contributed by atoms with Gasteiger partial charge in [-0.3, -0.25) is 0 Å². The third kappa shape index (κ3) is 5.83. The van der Waals surface area contributed by atoms with Gasteiger partial charge in [0, 0.05) is 38.2 Å². The lowest BCUT2D eigenvalue weighted by Gasteiger charge is -2.48. The highest BCUT2D eigenvalue weighted by Crippen LogP contribution is 2.56. The Bertz CT molecular complexity index is 3110. The van der Waals surface area contributed by atoms with Crippen molar-refractivity contribution in [3.8, 4) is 11.1 Å². The number of anilines is 6. The van der Waals surface area contributed by atoms with E-state index in [1.807, 2.05) is 12.1 Å². The number of hydrogen-bond donors (Lipinski definition) is 0. The van der Waals surface area contributed by atoms with E-state index in [1.165, 1.54) is 72.0 Å². The van der Waals surface area contributed by atoms with Gasteiger partial charge in [-0.05, 0) is 193 Å². The Hall–Kier alpha value is -5.02. The highest BCUT2D eigenvalue weighted by atomic mass is 15.2. The van der Waals surface area contributed by atoms with E-state index in [-0.39, 0.29) is 39.2 Å². The fourth-order valence-electron chi connectivity index (χ4n) is 14.1. The molecule has 64 heavy (non-hydrogen) atoms. The van der Waals surface area contributed by atoms with Crippen molar-refractivity contribution < 1.29 is 4.11 Å². The molecule has 0 saturated heterocycles. The first-order valence-corrected chi connectivity index (χ1v) is 24.1. The first-order chi connectivity index (χ1) is 31.1. The van der Waals surface area contributed by atoms with Crippen molar-refractivity contribution in [1.29, 1.82) is 0 Å². The van der Waals surface area contributed by atoms with Crippen LogP contribution in [-0.4, -0.2) is 6.71 Å². The summed E-state index contributed by atoms with van der Waals surface area (Å²) in [4.78, 5) is 4.97. The molecule has 326 valence electrons. The first-order valence-electron chi connectivity index (χ1n) is 25.6. The second-order valence-electron chi connectivity index (χ2n) is 24.7. The van der Waals surface area contributed by atoms with Gasteiger partial charge in [-0.1, -0.05) is 144 Å². The SMILES string of the molecule is [2H]C([2H])([2H])c1cc2c3c(c1)N(c1cc4c(cc1C)C(C)(C)CC4(C)C)c1cc4c(cc1B3c1cc(-c3ccccc3)ccc1N2c1cc2c(cc1C)C(C)(C)CC2(C)C)C(C)(C)CCC4(C)C. The molecule has 0 bridgehead atoms. The number of nitrogens with zero attached hydrogens (tertiary/aromatic N) is 2. The van der Waals surface area contributed by atoms with Gasteiger partial charge in [-0.15, -0.1) is 0 Å². The number of benzene rings is 6. The molecule has 11 rings (SSSR count). The molecule has 6 aromatic rings. The van der Waals surface area contributed by atoms with E-state index in [2.05, 4.69) is 192 Å². The summed E-state index contributed by atoms with van der Waals surface area (Å²) in [6, 6.07) is 36.9. The van der Waals surface area contributed by atoms with Crippen molar-refractivity contribution in [3.63, 3.8) is 0 Å². The standard InChI is InChI=1S/C61H69BN2/c1-36-25-53-55-54(26-36)64(51-32-46-42(28-38(51)3)59(10,11)35-61(46,14)15)52-33-44-43(56(4,5)23-24-57(44,6)7)30-48(52)62(55)47-29-40(39-19-17-16-18-20-39)21-22-49(47)63(53)50-31-45-41(27-37(50)2)58(8,9)34-60(45,12)13/h16-22,25-33H,23-24,34-35H2,1-15H3/i1D3. The van der Waals surface area contributed by atoms with Crippen LogP contribution in [0.25, 0.3) is 11.1 Å². The van der Waals surface area contributed by atoms with Gasteiger partial charge in [0.25, 0.3) is 6.71 Å². The molecule has 5 aliphatic rings. The van der Waals surface area contributed by atoms with Crippen LogP contribution in [0.3, 0.4) is 0 Å². The Morgan fingerprint density at radius 2 is 0.859 bits per heavy atom. The van der Waals surface area contributed by atoms with Gasteiger partial charge in [0.15, 0.2) is 0 Å². The van der Waals surface area contributed by atoms with Crippen LogP contribution >= 0.6 is 0 Å². The topological polar surface area (TPSA) is 6.48 Å². The zero-order chi connectivity index (χ0) is 47.9. The number of fused-ring (bicyclic) bond motifs is 7. The third-order valence-electron chi connectivity index (χ3n) is 17.0. The van der Waals surface area contributed by atoms with Crippen LogP contribution in [-0.2, 0) is 32.5 Å². The second-order valence-corrected chi connectivity index (χ2v) is 24.7. The molecule has 0 spiro atoms. The van der Waals surface area contributed by atoms with Crippen LogP contribution < -0.4 is 26.2 Å². The third-order valence-corrected chi connectivity index (χ3v) is 17.0. The molecule has 0 aromatic heterocycles. The molecule has 2 heterocycles. The smallest absolute Gasteiger partial charge is 0.252 e. The van der Waals surface area contributed by atoms with Crippen LogP contribution in [0.5, 0.6) is 0 Å². The largest absolute Gasteiger partial charge is 0.311 e. The van der Waals surface area contributed by atoms with Crippen LogP contribution in [0.15, 0.2) is 97.1 Å². The fourth-order valence-corrected chi connectivity index (χ4v) is 14.1. The first kappa shape index (κ1) is 38.3. The molecule has 3 aliphatic carbocycles.